The van der Waals surface area contributed by atoms with Crippen LogP contribution in [0.2, 0.25) is 5.04 Å². The molecule has 1 heterocycles. The van der Waals surface area contributed by atoms with Crippen LogP contribution in [0.1, 0.15) is 39.2 Å². The molecular weight excluding hydrogens is 422 g/mol. The first kappa shape index (κ1) is 23.5. The molecular formula is C29H35NO2Si. The van der Waals surface area contributed by atoms with Gasteiger partial charge in [0.15, 0.2) is 0 Å². The summed E-state index contributed by atoms with van der Waals surface area (Å²) in [5, 5.41) is 2.57. The Morgan fingerprint density at radius 3 is 1.88 bits per heavy atom. The van der Waals surface area contributed by atoms with E-state index in [1.165, 1.54) is 15.9 Å². The van der Waals surface area contributed by atoms with Crippen LogP contribution < -0.4 is 10.4 Å². The molecule has 1 fully saturated rings. The number of likely N-dealkylation sites (tertiary alicyclic amines) is 1. The van der Waals surface area contributed by atoms with Crippen LogP contribution in [0.25, 0.3) is 0 Å². The molecule has 0 saturated carbocycles. The Morgan fingerprint density at radius 2 is 1.36 bits per heavy atom. The molecule has 1 aliphatic rings. The van der Waals surface area contributed by atoms with Gasteiger partial charge in [-0.1, -0.05) is 112 Å². The summed E-state index contributed by atoms with van der Waals surface area (Å²) in [6.45, 7) is 9.04. The summed E-state index contributed by atoms with van der Waals surface area (Å²) in [5.74, 6) is 0.591. The Morgan fingerprint density at radius 1 is 0.848 bits per heavy atom. The van der Waals surface area contributed by atoms with Gasteiger partial charge in [0, 0.05) is 26.1 Å². The molecule has 1 amide bonds. The molecule has 0 aliphatic carbocycles. The monoisotopic (exact) mass is 457 g/mol. The topological polar surface area (TPSA) is 29.5 Å². The molecule has 0 radical (unpaired) electrons. The van der Waals surface area contributed by atoms with Gasteiger partial charge in [0.25, 0.3) is 8.32 Å². The number of rotatable bonds is 7. The minimum Gasteiger partial charge on any atom is -0.407 e. The fourth-order valence-corrected chi connectivity index (χ4v) is 9.73. The number of benzene rings is 3. The minimum atomic E-state index is -2.55. The number of piperidine rings is 1. The first-order chi connectivity index (χ1) is 15.9. The van der Waals surface area contributed by atoms with Crippen molar-refractivity contribution in [2.75, 3.05) is 13.2 Å². The van der Waals surface area contributed by atoms with Gasteiger partial charge in [-0.2, -0.15) is 0 Å². The van der Waals surface area contributed by atoms with Crippen molar-refractivity contribution < 1.29 is 9.22 Å². The number of hydrogen-bond acceptors (Lipinski definition) is 2. The van der Waals surface area contributed by atoms with Crippen LogP contribution in [0, 0.1) is 5.92 Å². The van der Waals surface area contributed by atoms with Crippen LogP contribution in [-0.4, -0.2) is 32.3 Å². The van der Waals surface area contributed by atoms with Gasteiger partial charge in [0.05, 0.1) is 0 Å². The highest BCUT2D eigenvalue weighted by Gasteiger charge is 2.50. The van der Waals surface area contributed by atoms with Crippen molar-refractivity contribution in [2.24, 2.45) is 5.92 Å². The smallest absolute Gasteiger partial charge is 0.261 e. The van der Waals surface area contributed by atoms with Crippen molar-refractivity contribution in [3.8, 4) is 0 Å². The molecule has 3 aromatic carbocycles. The lowest BCUT2D eigenvalue weighted by Gasteiger charge is -2.44. The van der Waals surface area contributed by atoms with E-state index in [1.54, 1.807) is 0 Å². The molecule has 0 aromatic heterocycles. The van der Waals surface area contributed by atoms with Crippen LogP contribution in [0.5, 0.6) is 0 Å². The van der Waals surface area contributed by atoms with Crippen molar-refractivity contribution in [3.63, 3.8) is 0 Å². The van der Waals surface area contributed by atoms with Crippen molar-refractivity contribution in [2.45, 2.75) is 45.2 Å². The lowest BCUT2D eigenvalue weighted by molar-refractivity contribution is -0.135. The summed E-state index contributed by atoms with van der Waals surface area (Å²) in [6.07, 6.45) is 1.49. The van der Waals surface area contributed by atoms with Crippen molar-refractivity contribution in [3.05, 3.63) is 96.6 Å². The molecule has 3 aromatic rings. The number of carbonyl (C=O) groups is 1. The highest BCUT2D eigenvalue weighted by atomic mass is 28.4. The van der Waals surface area contributed by atoms with Crippen LogP contribution in [0.4, 0.5) is 0 Å². The zero-order valence-corrected chi connectivity index (χ0v) is 21.0. The van der Waals surface area contributed by atoms with Gasteiger partial charge in [-0.05, 0) is 33.3 Å². The standard InChI is InChI=1S/C29H35NO2Si/c1-29(2,3)33(26-15-9-5-10-16-26,27-17-11-6-12-18-27)32-23-25-19-20-28(31)30(22-25)21-24-13-7-4-8-14-24/h4-18,25H,19-23H2,1-3H3. The fourth-order valence-electron chi connectivity index (χ4n) is 5.09. The number of carbonyl (C=O) groups excluding carboxylic acids is 1. The quantitative estimate of drug-likeness (QED) is 0.467. The van der Waals surface area contributed by atoms with Gasteiger partial charge in [0.1, 0.15) is 0 Å². The maximum Gasteiger partial charge on any atom is 0.261 e. The number of hydrogen-bond donors (Lipinski definition) is 0. The van der Waals surface area contributed by atoms with Crippen molar-refractivity contribution in [1.82, 2.24) is 4.90 Å². The van der Waals surface area contributed by atoms with E-state index in [4.69, 9.17) is 4.43 Å². The molecule has 1 atom stereocenters. The number of nitrogens with zero attached hydrogens (tertiary/aromatic N) is 1. The second kappa shape index (κ2) is 10.1. The molecule has 1 unspecified atom stereocenters. The van der Waals surface area contributed by atoms with E-state index in [2.05, 4.69) is 93.6 Å². The molecule has 172 valence electrons. The predicted molar refractivity (Wildman–Crippen MR) is 138 cm³/mol. The molecule has 0 spiro atoms. The summed E-state index contributed by atoms with van der Waals surface area (Å²) in [6, 6.07) is 31.8. The summed E-state index contributed by atoms with van der Waals surface area (Å²) in [7, 11) is -2.55. The highest BCUT2D eigenvalue weighted by molar-refractivity contribution is 6.99. The SMILES string of the molecule is CC(C)(C)[Si](OCC1CCC(=O)N(Cc2ccccc2)C1)(c1ccccc1)c1ccccc1. The van der Waals surface area contributed by atoms with E-state index in [-0.39, 0.29) is 10.9 Å². The summed E-state index contributed by atoms with van der Waals surface area (Å²) in [5.41, 5.74) is 1.18. The Labute approximate surface area is 199 Å². The van der Waals surface area contributed by atoms with Gasteiger partial charge in [0.2, 0.25) is 5.91 Å². The van der Waals surface area contributed by atoms with Gasteiger partial charge < -0.3 is 9.33 Å². The van der Waals surface area contributed by atoms with Crippen molar-refractivity contribution in [1.29, 1.82) is 0 Å². The Balaban J connectivity index is 1.59. The minimum absolute atomic E-state index is 0.0378. The second-order valence-electron chi connectivity index (χ2n) is 10.1. The van der Waals surface area contributed by atoms with E-state index in [1.807, 2.05) is 23.1 Å². The van der Waals surface area contributed by atoms with Gasteiger partial charge in [-0.25, -0.2) is 0 Å². The van der Waals surface area contributed by atoms with Gasteiger partial charge in [-0.15, -0.1) is 0 Å². The largest absolute Gasteiger partial charge is 0.407 e. The fraction of sp³-hybridized carbons (Fsp3) is 0.345. The predicted octanol–water partition coefficient (Wildman–Crippen LogP) is 5.00. The van der Waals surface area contributed by atoms with Crippen LogP contribution in [0.15, 0.2) is 91.0 Å². The van der Waals surface area contributed by atoms with Gasteiger partial charge in [-0.3, -0.25) is 4.79 Å². The third-order valence-corrected chi connectivity index (χ3v) is 11.8. The maximum atomic E-state index is 12.6. The molecule has 33 heavy (non-hydrogen) atoms. The van der Waals surface area contributed by atoms with Crippen molar-refractivity contribution >= 4 is 24.6 Å². The van der Waals surface area contributed by atoms with Crippen LogP contribution >= 0.6 is 0 Å². The van der Waals surface area contributed by atoms with E-state index in [0.717, 1.165) is 13.0 Å². The third kappa shape index (κ3) is 5.12. The molecule has 0 bridgehead atoms. The van der Waals surface area contributed by atoms with E-state index >= 15 is 0 Å². The first-order valence-electron chi connectivity index (χ1n) is 12.0. The lowest BCUT2D eigenvalue weighted by Crippen LogP contribution is -2.67. The van der Waals surface area contributed by atoms with E-state index in [9.17, 15) is 4.79 Å². The molecule has 0 N–H and O–H groups in total. The van der Waals surface area contributed by atoms with Gasteiger partial charge >= 0.3 is 0 Å². The Kier molecular flexibility index (Phi) is 7.16. The number of amides is 1. The highest BCUT2D eigenvalue weighted by Crippen LogP contribution is 2.37. The summed E-state index contributed by atoms with van der Waals surface area (Å²) >= 11 is 0. The van der Waals surface area contributed by atoms with Crippen LogP contribution in [0.3, 0.4) is 0 Å². The zero-order chi connectivity index (χ0) is 23.3. The summed E-state index contributed by atoms with van der Waals surface area (Å²) in [4.78, 5) is 14.7. The molecule has 4 rings (SSSR count). The first-order valence-corrected chi connectivity index (χ1v) is 13.9. The third-order valence-electron chi connectivity index (χ3n) is 6.77. The lowest BCUT2D eigenvalue weighted by atomic mass is 9.98. The van der Waals surface area contributed by atoms with Crippen LogP contribution in [-0.2, 0) is 15.8 Å². The molecule has 1 saturated heterocycles. The molecule has 1 aliphatic heterocycles. The Hall–Kier alpha value is -2.69. The van der Waals surface area contributed by atoms with E-state index < -0.39 is 8.32 Å². The second-order valence-corrected chi connectivity index (χ2v) is 14.4. The van der Waals surface area contributed by atoms with E-state index in [0.29, 0.717) is 25.5 Å². The zero-order valence-electron chi connectivity index (χ0n) is 20.0. The normalized spacial score (nSPS) is 17.2. The maximum absolute atomic E-state index is 12.6. The summed E-state index contributed by atoms with van der Waals surface area (Å²) < 4.78 is 7.14. The Bertz CT molecular complexity index is 992. The molecule has 4 heteroatoms. The average Bonchev–Trinajstić information content (AvgIpc) is 2.83. The average molecular weight is 458 g/mol. The molecule has 3 nitrogen and oxygen atoms in total.